The van der Waals surface area contributed by atoms with Crippen LogP contribution in [0.4, 0.5) is 0 Å². The van der Waals surface area contributed by atoms with Crippen molar-refractivity contribution in [1.29, 1.82) is 0 Å². The topological polar surface area (TPSA) is 101 Å². The summed E-state index contributed by atoms with van der Waals surface area (Å²) in [4.78, 5) is 30.4. The summed E-state index contributed by atoms with van der Waals surface area (Å²) < 4.78 is 5.48. The Morgan fingerprint density at radius 2 is 2.10 bits per heavy atom. The number of ether oxygens (including phenoxy) is 1. The van der Waals surface area contributed by atoms with Crippen molar-refractivity contribution >= 4 is 11.9 Å². The zero-order valence-electron chi connectivity index (χ0n) is 11.2. The predicted molar refractivity (Wildman–Crippen MR) is 73.5 cm³/mol. The highest BCUT2D eigenvalue weighted by Crippen LogP contribution is 2.23. The second kappa shape index (κ2) is 6.47. The lowest BCUT2D eigenvalue weighted by molar-refractivity contribution is 0.0687. The van der Waals surface area contributed by atoms with Crippen LogP contribution in [0.2, 0.25) is 0 Å². The van der Waals surface area contributed by atoms with E-state index in [0.717, 1.165) is 0 Å². The SMILES string of the molecule is CCNC(=O)c1cc(Oc2cccnc2C(=O)O)ccn1. The molecular formula is C14H13N3O4. The first kappa shape index (κ1) is 14.4. The molecule has 0 saturated carbocycles. The molecule has 0 aliphatic rings. The van der Waals surface area contributed by atoms with E-state index in [1.165, 1.54) is 30.6 Å². The van der Waals surface area contributed by atoms with E-state index in [2.05, 4.69) is 15.3 Å². The van der Waals surface area contributed by atoms with Crippen molar-refractivity contribution in [2.45, 2.75) is 6.92 Å². The number of amides is 1. The standard InChI is InChI=1S/C14H13N3O4/c1-2-15-13(18)10-8-9(5-7-16-10)21-11-4-3-6-17-12(11)14(19)20/h3-8H,2H2,1H3,(H,15,18)(H,19,20). The summed E-state index contributed by atoms with van der Waals surface area (Å²) in [6.45, 7) is 2.28. The molecule has 108 valence electrons. The number of carbonyl (C=O) groups is 2. The fourth-order valence-corrected chi connectivity index (χ4v) is 1.61. The first-order chi connectivity index (χ1) is 10.1. The summed E-state index contributed by atoms with van der Waals surface area (Å²) in [6.07, 6.45) is 2.78. The van der Waals surface area contributed by atoms with Crippen molar-refractivity contribution < 1.29 is 19.4 Å². The monoisotopic (exact) mass is 287 g/mol. The molecule has 0 unspecified atom stereocenters. The summed E-state index contributed by atoms with van der Waals surface area (Å²) in [5.74, 6) is -1.11. The molecule has 7 heteroatoms. The highest BCUT2D eigenvalue weighted by Gasteiger charge is 2.14. The van der Waals surface area contributed by atoms with Crippen LogP contribution < -0.4 is 10.1 Å². The molecule has 2 aromatic rings. The predicted octanol–water partition coefficient (Wildman–Crippen LogP) is 1.72. The Morgan fingerprint density at radius 3 is 2.81 bits per heavy atom. The largest absolute Gasteiger partial charge is 0.476 e. The average molecular weight is 287 g/mol. The van der Waals surface area contributed by atoms with Crippen molar-refractivity contribution in [2.24, 2.45) is 0 Å². The van der Waals surface area contributed by atoms with Crippen LogP contribution in [0.3, 0.4) is 0 Å². The minimum Gasteiger partial charge on any atom is -0.476 e. The summed E-state index contributed by atoms with van der Waals surface area (Å²) in [5.41, 5.74) is -0.0102. The number of carboxylic acid groups (broad SMARTS) is 1. The normalized spacial score (nSPS) is 9.95. The van der Waals surface area contributed by atoms with Crippen LogP contribution in [0.5, 0.6) is 11.5 Å². The van der Waals surface area contributed by atoms with Gasteiger partial charge in [-0.1, -0.05) is 0 Å². The number of hydrogen-bond acceptors (Lipinski definition) is 5. The zero-order chi connectivity index (χ0) is 15.2. The van der Waals surface area contributed by atoms with E-state index >= 15 is 0 Å². The van der Waals surface area contributed by atoms with Crippen LogP contribution in [-0.4, -0.2) is 33.5 Å². The van der Waals surface area contributed by atoms with Crippen molar-refractivity contribution in [1.82, 2.24) is 15.3 Å². The Kier molecular flexibility index (Phi) is 4.45. The first-order valence-electron chi connectivity index (χ1n) is 6.22. The van der Waals surface area contributed by atoms with Gasteiger partial charge in [0.1, 0.15) is 11.4 Å². The molecule has 2 N–H and O–H groups in total. The van der Waals surface area contributed by atoms with Gasteiger partial charge in [-0.25, -0.2) is 9.78 Å². The van der Waals surface area contributed by atoms with E-state index in [9.17, 15) is 9.59 Å². The van der Waals surface area contributed by atoms with Crippen LogP contribution in [0.1, 0.15) is 27.9 Å². The van der Waals surface area contributed by atoms with Gasteiger partial charge in [-0.05, 0) is 25.1 Å². The molecule has 0 atom stereocenters. The van der Waals surface area contributed by atoms with Crippen LogP contribution in [0.15, 0.2) is 36.7 Å². The highest BCUT2D eigenvalue weighted by molar-refractivity contribution is 5.92. The molecule has 2 rings (SSSR count). The van der Waals surface area contributed by atoms with Crippen LogP contribution >= 0.6 is 0 Å². The molecule has 0 aromatic carbocycles. The quantitative estimate of drug-likeness (QED) is 0.868. The van der Waals surface area contributed by atoms with Gasteiger partial charge < -0.3 is 15.2 Å². The van der Waals surface area contributed by atoms with Gasteiger partial charge in [0.05, 0.1) is 0 Å². The molecule has 0 aliphatic heterocycles. The Hall–Kier alpha value is -2.96. The van der Waals surface area contributed by atoms with Crippen molar-refractivity contribution in [3.8, 4) is 11.5 Å². The van der Waals surface area contributed by atoms with Crippen molar-refractivity contribution in [2.75, 3.05) is 6.54 Å². The number of aromatic nitrogens is 2. The second-order valence-corrected chi connectivity index (χ2v) is 3.99. The van der Waals surface area contributed by atoms with Crippen molar-refractivity contribution in [3.63, 3.8) is 0 Å². The highest BCUT2D eigenvalue weighted by atomic mass is 16.5. The molecule has 2 aromatic heterocycles. The fraction of sp³-hybridized carbons (Fsp3) is 0.143. The van der Waals surface area contributed by atoms with Gasteiger partial charge in [0.15, 0.2) is 11.4 Å². The van der Waals surface area contributed by atoms with Gasteiger partial charge in [0, 0.05) is 25.0 Å². The molecule has 2 heterocycles. The zero-order valence-corrected chi connectivity index (χ0v) is 11.2. The minimum atomic E-state index is -1.19. The molecular weight excluding hydrogens is 274 g/mol. The van der Waals surface area contributed by atoms with Gasteiger partial charge in [0.2, 0.25) is 0 Å². The van der Waals surface area contributed by atoms with Crippen molar-refractivity contribution in [3.05, 3.63) is 48.0 Å². The van der Waals surface area contributed by atoms with Crippen LogP contribution in [-0.2, 0) is 0 Å². The Morgan fingerprint density at radius 1 is 1.29 bits per heavy atom. The van der Waals surface area contributed by atoms with Gasteiger partial charge in [-0.2, -0.15) is 0 Å². The maximum absolute atomic E-state index is 11.7. The number of nitrogens with zero attached hydrogens (tertiary/aromatic N) is 2. The molecule has 21 heavy (non-hydrogen) atoms. The van der Waals surface area contributed by atoms with Gasteiger partial charge >= 0.3 is 5.97 Å². The fourth-order valence-electron chi connectivity index (χ4n) is 1.61. The lowest BCUT2D eigenvalue weighted by atomic mass is 10.3. The molecule has 0 aliphatic carbocycles. The number of aromatic carboxylic acids is 1. The number of rotatable bonds is 5. The van der Waals surface area contributed by atoms with Gasteiger partial charge in [-0.3, -0.25) is 9.78 Å². The van der Waals surface area contributed by atoms with Crippen LogP contribution in [0.25, 0.3) is 0 Å². The molecule has 0 radical (unpaired) electrons. The summed E-state index contributed by atoms with van der Waals surface area (Å²) >= 11 is 0. The Labute approximate surface area is 120 Å². The molecule has 0 saturated heterocycles. The van der Waals surface area contributed by atoms with Crippen LogP contribution in [0, 0.1) is 0 Å². The minimum absolute atomic E-state index is 0.0954. The number of hydrogen-bond donors (Lipinski definition) is 2. The van der Waals surface area contributed by atoms with E-state index in [-0.39, 0.29) is 23.0 Å². The maximum atomic E-state index is 11.7. The third-order valence-corrected chi connectivity index (χ3v) is 2.50. The first-order valence-corrected chi connectivity index (χ1v) is 6.22. The van der Waals surface area contributed by atoms with E-state index in [0.29, 0.717) is 12.3 Å². The van der Waals surface area contributed by atoms with Gasteiger partial charge in [0.25, 0.3) is 5.91 Å². The lowest BCUT2D eigenvalue weighted by Gasteiger charge is -2.08. The Balaban J connectivity index is 2.26. The van der Waals surface area contributed by atoms with E-state index in [4.69, 9.17) is 9.84 Å². The number of carboxylic acids is 1. The second-order valence-electron chi connectivity index (χ2n) is 3.99. The molecule has 0 spiro atoms. The van der Waals surface area contributed by atoms with E-state index in [1.54, 1.807) is 13.0 Å². The number of pyridine rings is 2. The maximum Gasteiger partial charge on any atom is 0.358 e. The van der Waals surface area contributed by atoms with E-state index < -0.39 is 5.97 Å². The number of nitrogens with one attached hydrogen (secondary N) is 1. The summed E-state index contributed by atoms with van der Waals surface area (Å²) in [6, 6.07) is 6.02. The third-order valence-electron chi connectivity index (χ3n) is 2.50. The van der Waals surface area contributed by atoms with E-state index in [1.807, 2.05) is 0 Å². The molecule has 0 bridgehead atoms. The smallest absolute Gasteiger partial charge is 0.358 e. The lowest BCUT2D eigenvalue weighted by Crippen LogP contribution is -2.23. The van der Waals surface area contributed by atoms with Gasteiger partial charge in [-0.15, -0.1) is 0 Å². The molecule has 7 nitrogen and oxygen atoms in total. The number of carbonyl (C=O) groups excluding carboxylic acids is 1. The Bertz CT molecular complexity index is 673. The summed E-state index contributed by atoms with van der Waals surface area (Å²) in [7, 11) is 0. The third kappa shape index (κ3) is 3.53. The molecule has 1 amide bonds. The summed E-state index contributed by atoms with van der Waals surface area (Å²) in [5, 5.41) is 11.7. The molecule has 0 fully saturated rings. The average Bonchev–Trinajstić information content (AvgIpc) is 2.48.